The number of amides is 1. The Kier molecular flexibility index (Phi) is 3.61. The average molecular weight is 288 g/mol. The number of rotatable bonds is 2. The van der Waals surface area contributed by atoms with Crippen molar-refractivity contribution < 1.29 is 22.3 Å². The molecule has 0 saturated heterocycles. The molecule has 1 aromatic carbocycles. The predicted octanol–water partition coefficient (Wildman–Crippen LogP) is 1.86. The van der Waals surface area contributed by atoms with Gasteiger partial charge in [-0.05, 0) is 6.07 Å². The van der Waals surface area contributed by atoms with Crippen LogP contribution < -0.4 is 10.5 Å². The van der Waals surface area contributed by atoms with Crippen LogP contribution in [0.3, 0.4) is 0 Å². The Bertz CT molecular complexity index is 546. The van der Waals surface area contributed by atoms with Crippen LogP contribution in [0.2, 0.25) is 5.02 Å². The van der Waals surface area contributed by atoms with E-state index in [0.29, 0.717) is 6.07 Å². The summed E-state index contributed by atoms with van der Waals surface area (Å²) in [5, 5.41) is -0.306. The smallest absolute Gasteiger partial charge is 0.409 e. The summed E-state index contributed by atoms with van der Waals surface area (Å²) in [6, 6.07) is 1.32. The zero-order chi connectivity index (χ0) is 12.5. The average Bonchev–Trinajstić information content (AvgIpc) is 2.07. The first-order chi connectivity index (χ1) is 7.21. The molecule has 0 fully saturated rings. The molecule has 88 valence electrons. The Morgan fingerprint density at radius 3 is 2.44 bits per heavy atom. The highest BCUT2D eigenvalue weighted by Crippen LogP contribution is 2.31. The van der Waals surface area contributed by atoms with Crippen LogP contribution in [0, 0.1) is 5.82 Å². The number of nitrogens with two attached hydrogens (primary N) is 1. The van der Waals surface area contributed by atoms with Gasteiger partial charge in [-0.15, -0.1) is 0 Å². The molecule has 1 rings (SSSR count). The van der Waals surface area contributed by atoms with Gasteiger partial charge in [0.1, 0.15) is 10.7 Å². The van der Waals surface area contributed by atoms with Gasteiger partial charge in [-0.3, -0.25) is 0 Å². The van der Waals surface area contributed by atoms with Gasteiger partial charge in [0, 0.05) is 16.7 Å². The summed E-state index contributed by atoms with van der Waals surface area (Å²) in [7, 11) is 0.675. The lowest BCUT2D eigenvalue weighted by Crippen LogP contribution is -2.16. The van der Waals surface area contributed by atoms with E-state index in [1.807, 2.05) is 0 Å². The molecule has 9 heteroatoms. The minimum atomic E-state index is -4.26. The Labute approximate surface area is 99.3 Å². The van der Waals surface area contributed by atoms with E-state index in [4.69, 9.17) is 22.3 Å². The highest BCUT2D eigenvalue weighted by molar-refractivity contribution is 8.13. The number of primary amides is 1. The first-order valence-corrected chi connectivity index (χ1v) is 6.31. The van der Waals surface area contributed by atoms with Gasteiger partial charge in [0.2, 0.25) is 0 Å². The van der Waals surface area contributed by atoms with Crippen molar-refractivity contribution in [2.24, 2.45) is 5.73 Å². The lowest BCUT2D eigenvalue weighted by Gasteiger charge is -2.05. The van der Waals surface area contributed by atoms with Crippen molar-refractivity contribution in [1.82, 2.24) is 0 Å². The number of ether oxygens (including phenoxy) is 1. The molecule has 1 aromatic rings. The molecule has 0 unspecified atom stereocenters. The molecule has 2 N–H and O–H groups in total. The normalized spacial score (nSPS) is 11.2. The minimum absolute atomic E-state index is 0.306. The lowest BCUT2D eigenvalue weighted by molar-refractivity contribution is 0.210. The Hall–Kier alpha value is -1.05. The molecule has 0 spiro atoms. The molecule has 0 atom stereocenters. The van der Waals surface area contributed by atoms with Gasteiger partial charge in [-0.25, -0.2) is 17.6 Å². The van der Waals surface area contributed by atoms with E-state index in [2.05, 4.69) is 10.5 Å². The molecule has 0 radical (unpaired) electrons. The molecular formula is C7H4Cl2FNO4S. The molecule has 0 aliphatic heterocycles. The van der Waals surface area contributed by atoms with Crippen LogP contribution in [-0.2, 0) is 9.05 Å². The second-order valence-corrected chi connectivity index (χ2v) is 5.51. The van der Waals surface area contributed by atoms with Crippen LogP contribution in [0.25, 0.3) is 0 Å². The van der Waals surface area contributed by atoms with Crippen LogP contribution in [-0.4, -0.2) is 14.5 Å². The molecule has 0 aliphatic rings. The highest BCUT2D eigenvalue weighted by Gasteiger charge is 2.20. The van der Waals surface area contributed by atoms with Crippen molar-refractivity contribution in [1.29, 1.82) is 0 Å². The van der Waals surface area contributed by atoms with Crippen molar-refractivity contribution in [2.75, 3.05) is 0 Å². The molecular weight excluding hydrogens is 284 g/mol. The quantitative estimate of drug-likeness (QED) is 0.841. The molecule has 5 nitrogen and oxygen atoms in total. The number of carbonyl (C=O) groups is 1. The summed E-state index contributed by atoms with van der Waals surface area (Å²) in [5.41, 5.74) is 4.68. The molecule has 0 aliphatic carbocycles. The molecule has 0 heterocycles. The number of benzene rings is 1. The fraction of sp³-hybridized carbons (Fsp3) is 0. The minimum Gasteiger partial charge on any atom is -0.409 e. The van der Waals surface area contributed by atoms with Crippen LogP contribution in [0.1, 0.15) is 0 Å². The van der Waals surface area contributed by atoms with Crippen molar-refractivity contribution in [3.8, 4) is 5.75 Å². The van der Waals surface area contributed by atoms with Crippen LogP contribution in [0.4, 0.5) is 9.18 Å². The van der Waals surface area contributed by atoms with E-state index >= 15 is 0 Å². The van der Waals surface area contributed by atoms with E-state index in [1.165, 1.54) is 0 Å². The van der Waals surface area contributed by atoms with E-state index in [0.717, 1.165) is 6.07 Å². The number of carbonyl (C=O) groups excluding carboxylic acids is 1. The molecule has 0 aromatic heterocycles. The van der Waals surface area contributed by atoms with E-state index < -0.39 is 31.6 Å². The van der Waals surface area contributed by atoms with Crippen molar-refractivity contribution in [3.05, 3.63) is 23.0 Å². The second-order valence-electron chi connectivity index (χ2n) is 2.57. The van der Waals surface area contributed by atoms with Crippen LogP contribution >= 0.6 is 22.3 Å². The lowest BCUT2D eigenvalue weighted by atomic mass is 10.3. The third-order valence-electron chi connectivity index (χ3n) is 1.46. The van der Waals surface area contributed by atoms with Crippen LogP contribution in [0.15, 0.2) is 17.0 Å². The Morgan fingerprint density at radius 2 is 2.00 bits per heavy atom. The van der Waals surface area contributed by atoms with Crippen molar-refractivity contribution >= 4 is 37.4 Å². The van der Waals surface area contributed by atoms with Gasteiger partial charge in [-0.2, -0.15) is 0 Å². The van der Waals surface area contributed by atoms with E-state index in [1.54, 1.807) is 0 Å². The fourth-order valence-electron chi connectivity index (χ4n) is 0.884. The number of halogens is 3. The summed E-state index contributed by atoms with van der Waals surface area (Å²) in [5.74, 6) is -1.59. The molecule has 0 saturated carbocycles. The van der Waals surface area contributed by atoms with Gasteiger partial charge < -0.3 is 10.5 Å². The topological polar surface area (TPSA) is 86.5 Å². The van der Waals surface area contributed by atoms with Crippen molar-refractivity contribution in [3.63, 3.8) is 0 Å². The summed E-state index contributed by atoms with van der Waals surface area (Å²) in [6.07, 6.45) is -1.21. The van der Waals surface area contributed by atoms with Gasteiger partial charge >= 0.3 is 6.09 Å². The zero-order valence-corrected chi connectivity index (χ0v) is 9.74. The standard InChI is InChI=1S/C7H4Cl2FNO4S/c8-3-1-6(16(9,13)14)4(10)2-5(3)15-7(11)12/h1-2H,(H2,11,12). The third kappa shape index (κ3) is 2.97. The SMILES string of the molecule is NC(=O)Oc1cc(F)c(S(=O)(=O)Cl)cc1Cl. The first-order valence-electron chi connectivity index (χ1n) is 3.63. The monoisotopic (exact) mass is 287 g/mol. The Balaban J connectivity index is 3.33. The van der Waals surface area contributed by atoms with E-state index in [9.17, 15) is 17.6 Å². The van der Waals surface area contributed by atoms with Gasteiger partial charge in [0.25, 0.3) is 9.05 Å². The third-order valence-corrected chi connectivity index (χ3v) is 3.09. The maximum atomic E-state index is 13.2. The first kappa shape index (κ1) is 13.0. The summed E-state index contributed by atoms with van der Waals surface area (Å²) < 4.78 is 39.3. The maximum absolute atomic E-state index is 13.2. The summed E-state index contributed by atoms with van der Waals surface area (Å²) in [4.78, 5) is 9.58. The van der Waals surface area contributed by atoms with Gasteiger partial charge in [0.05, 0.1) is 5.02 Å². The molecule has 1 amide bonds. The van der Waals surface area contributed by atoms with Gasteiger partial charge in [-0.1, -0.05) is 11.6 Å². The predicted molar refractivity (Wildman–Crippen MR) is 54.7 cm³/mol. The van der Waals surface area contributed by atoms with Gasteiger partial charge in [0.15, 0.2) is 5.75 Å². The van der Waals surface area contributed by atoms with Crippen molar-refractivity contribution in [2.45, 2.75) is 4.90 Å². The second kappa shape index (κ2) is 4.44. The number of hydrogen-bond acceptors (Lipinski definition) is 4. The summed E-state index contributed by atoms with van der Waals surface area (Å²) >= 11 is 5.53. The zero-order valence-electron chi connectivity index (χ0n) is 7.41. The Morgan fingerprint density at radius 1 is 1.44 bits per heavy atom. The maximum Gasteiger partial charge on any atom is 0.410 e. The number of hydrogen-bond donors (Lipinski definition) is 1. The highest BCUT2D eigenvalue weighted by atomic mass is 35.7. The van der Waals surface area contributed by atoms with Crippen LogP contribution in [0.5, 0.6) is 5.75 Å². The molecule has 0 bridgehead atoms. The molecule has 16 heavy (non-hydrogen) atoms. The van der Waals surface area contributed by atoms with E-state index in [-0.39, 0.29) is 5.02 Å². The summed E-state index contributed by atoms with van der Waals surface area (Å²) in [6.45, 7) is 0. The largest absolute Gasteiger partial charge is 0.410 e. The fourth-order valence-corrected chi connectivity index (χ4v) is 2.06.